The van der Waals surface area contributed by atoms with Crippen LogP contribution in [0.1, 0.15) is 40.0 Å². The van der Waals surface area contributed by atoms with Crippen molar-refractivity contribution in [2.45, 2.75) is 25.9 Å². The predicted octanol–water partition coefficient (Wildman–Crippen LogP) is 3.89. The molecule has 0 saturated carbocycles. The van der Waals surface area contributed by atoms with Crippen LogP contribution in [-0.2, 0) is 9.59 Å². The zero-order chi connectivity index (χ0) is 19.0. The average Bonchev–Trinajstić information content (AvgIpc) is 3.20. The fourth-order valence-electron chi connectivity index (χ4n) is 1.52. The van der Waals surface area contributed by atoms with Gasteiger partial charge in [0.2, 0.25) is 11.6 Å². The third-order valence-electron chi connectivity index (χ3n) is 2.64. The minimum Gasteiger partial charge on any atom is -0.461 e. The zero-order valence-corrected chi connectivity index (χ0v) is 13.8. The van der Waals surface area contributed by atoms with Gasteiger partial charge in [0.15, 0.2) is 11.5 Å². The second-order valence-electron chi connectivity index (χ2n) is 4.78. The Balaban J connectivity index is 0.000000257. The molecular weight excluding hydrogens is 361 g/mol. The number of Topliss-reactive ketones (excluding diaryl/α,β-unsaturated/α-hetero) is 4. The van der Waals surface area contributed by atoms with E-state index in [2.05, 4.69) is 0 Å². The number of hydrogen-bond donors (Lipinski definition) is 0. The van der Waals surface area contributed by atoms with Gasteiger partial charge in [-0.15, -0.1) is 11.3 Å². The van der Waals surface area contributed by atoms with Gasteiger partial charge in [-0.1, -0.05) is 6.07 Å². The molecule has 5 nitrogen and oxygen atoms in total. The van der Waals surface area contributed by atoms with Crippen molar-refractivity contribution >= 4 is 34.5 Å². The molecule has 0 aliphatic rings. The molecule has 0 aliphatic heterocycles. The Bertz CT molecular complexity index is 730. The molecule has 0 aliphatic carbocycles. The molecule has 0 fully saturated rings. The summed E-state index contributed by atoms with van der Waals surface area (Å²) in [4.78, 5) is 43.1. The van der Waals surface area contributed by atoms with Crippen molar-refractivity contribution in [3.05, 3.63) is 46.5 Å². The lowest BCUT2D eigenvalue weighted by Crippen LogP contribution is -2.25. The van der Waals surface area contributed by atoms with Gasteiger partial charge < -0.3 is 4.42 Å². The van der Waals surface area contributed by atoms with Crippen molar-refractivity contribution in [2.75, 3.05) is 0 Å². The molecule has 2 heterocycles. The second kappa shape index (κ2) is 9.07. The molecular formula is C16H13F3O5S. The minimum atomic E-state index is -4.92. The molecule has 0 unspecified atom stereocenters. The Labute approximate surface area is 144 Å². The summed E-state index contributed by atoms with van der Waals surface area (Å²) >= 11 is 1.01. The first-order chi connectivity index (χ1) is 11.6. The average molecular weight is 374 g/mol. The molecule has 0 spiro atoms. The number of rotatable bonds is 6. The van der Waals surface area contributed by atoms with Crippen LogP contribution < -0.4 is 0 Å². The number of hydrogen-bond acceptors (Lipinski definition) is 6. The molecule has 0 saturated heterocycles. The van der Waals surface area contributed by atoms with Crippen LogP contribution >= 0.6 is 11.3 Å². The molecule has 0 atom stereocenters. The van der Waals surface area contributed by atoms with Gasteiger partial charge in [0.05, 0.1) is 24.0 Å². The monoisotopic (exact) mass is 374 g/mol. The van der Waals surface area contributed by atoms with Gasteiger partial charge in [-0.2, -0.15) is 13.2 Å². The number of halogens is 3. The molecule has 134 valence electrons. The Morgan fingerprint density at radius 3 is 2.16 bits per heavy atom. The Morgan fingerprint density at radius 2 is 1.72 bits per heavy atom. The normalized spacial score (nSPS) is 10.6. The van der Waals surface area contributed by atoms with Gasteiger partial charge in [-0.25, -0.2) is 0 Å². The van der Waals surface area contributed by atoms with Crippen molar-refractivity contribution in [1.29, 1.82) is 0 Å². The lowest BCUT2D eigenvalue weighted by Gasteiger charge is -2.02. The van der Waals surface area contributed by atoms with Gasteiger partial charge in [0, 0.05) is 0 Å². The molecule has 0 radical (unpaired) electrons. The summed E-state index contributed by atoms with van der Waals surface area (Å²) in [5.41, 5.74) is 0. The maximum absolute atomic E-state index is 11.8. The summed E-state index contributed by atoms with van der Waals surface area (Å²) in [6, 6.07) is 6.09. The standard InChI is InChI=1S/C8H5F3O2S.C8H8O3/c9-8(10,11)7(13)4-5(12)6-2-1-3-14-6;1-6(9)5-7(10)8-3-2-4-11-8/h1-3H,4H2;2-4H,5H2,1H3. The number of carbonyl (C=O) groups is 4. The molecule has 2 rings (SSSR count). The van der Waals surface area contributed by atoms with Crippen molar-refractivity contribution in [1.82, 2.24) is 0 Å². The molecule has 9 heteroatoms. The van der Waals surface area contributed by atoms with Crippen molar-refractivity contribution in [2.24, 2.45) is 0 Å². The predicted molar refractivity (Wildman–Crippen MR) is 82.7 cm³/mol. The summed E-state index contributed by atoms with van der Waals surface area (Å²) < 4.78 is 40.1. The van der Waals surface area contributed by atoms with Crippen LogP contribution in [0.5, 0.6) is 0 Å². The van der Waals surface area contributed by atoms with Gasteiger partial charge in [0.1, 0.15) is 5.78 Å². The van der Waals surface area contributed by atoms with Crippen LogP contribution in [0.25, 0.3) is 0 Å². The minimum absolute atomic E-state index is 0.0759. The van der Waals surface area contributed by atoms with Gasteiger partial charge >= 0.3 is 6.18 Å². The van der Waals surface area contributed by atoms with E-state index in [1.165, 1.54) is 25.3 Å². The Kier molecular flexibility index (Phi) is 7.43. The number of thiophene rings is 1. The highest BCUT2D eigenvalue weighted by atomic mass is 32.1. The third-order valence-corrected chi connectivity index (χ3v) is 3.55. The van der Waals surface area contributed by atoms with Crippen LogP contribution in [0.2, 0.25) is 0 Å². The van der Waals surface area contributed by atoms with Crippen LogP contribution in [0.3, 0.4) is 0 Å². The largest absolute Gasteiger partial charge is 0.461 e. The lowest BCUT2D eigenvalue weighted by molar-refractivity contribution is -0.170. The molecule has 0 amide bonds. The topological polar surface area (TPSA) is 81.4 Å². The Morgan fingerprint density at radius 1 is 1.04 bits per heavy atom. The SMILES string of the molecule is CC(=O)CC(=O)c1ccco1.O=C(CC(=O)C(F)(F)F)c1cccs1. The van der Waals surface area contributed by atoms with Gasteiger partial charge in [-0.3, -0.25) is 19.2 Å². The fourth-order valence-corrected chi connectivity index (χ4v) is 2.19. The van der Waals surface area contributed by atoms with E-state index in [-0.39, 0.29) is 28.6 Å². The maximum Gasteiger partial charge on any atom is 0.450 e. The van der Waals surface area contributed by atoms with Crippen molar-refractivity contribution in [3.8, 4) is 0 Å². The molecule has 25 heavy (non-hydrogen) atoms. The molecule has 2 aromatic rings. The summed E-state index contributed by atoms with van der Waals surface area (Å²) in [5, 5.41) is 1.56. The van der Waals surface area contributed by atoms with E-state index < -0.39 is 24.2 Å². The maximum atomic E-state index is 11.8. The van der Waals surface area contributed by atoms with Gasteiger partial charge in [0.25, 0.3) is 0 Å². The van der Waals surface area contributed by atoms with E-state index in [1.54, 1.807) is 17.5 Å². The highest BCUT2D eigenvalue weighted by Gasteiger charge is 2.39. The van der Waals surface area contributed by atoms with Crippen LogP contribution in [0, 0.1) is 0 Å². The number of ketones is 4. The number of alkyl halides is 3. The molecule has 0 bridgehead atoms. The Hall–Kier alpha value is -2.55. The fraction of sp³-hybridized carbons (Fsp3) is 0.250. The van der Waals surface area contributed by atoms with E-state index in [9.17, 15) is 32.3 Å². The summed E-state index contributed by atoms with van der Waals surface area (Å²) in [6.07, 6.45) is -4.70. The van der Waals surface area contributed by atoms with E-state index in [0.29, 0.717) is 0 Å². The second-order valence-corrected chi connectivity index (χ2v) is 5.73. The van der Waals surface area contributed by atoms with E-state index in [0.717, 1.165) is 11.3 Å². The highest BCUT2D eigenvalue weighted by molar-refractivity contribution is 7.12. The first-order valence-corrected chi connectivity index (χ1v) is 7.72. The summed E-state index contributed by atoms with van der Waals surface area (Å²) in [5.74, 6) is -2.95. The smallest absolute Gasteiger partial charge is 0.450 e. The first-order valence-electron chi connectivity index (χ1n) is 6.84. The van der Waals surface area contributed by atoms with Crippen molar-refractivity contribution < 1.29 is 36.8 Å². The van der Waals surface area contributed by atoms with Crippen molar-refractivity contribution in [3.63, 3.8) is 0 Å². The lowest BCUT2D eigenvalue weighted by atomic mass is 10.2. The van der Waals surface area contributed by atoms with Crippen LogP contribution in [-0.4, -0.2) is 29.3 Å². The quantitative estimate of drug-likeness (QED) is 0.566. The number of furan rings is 1. The number of carbonyl (C=O) groups excluding carboxylic acids is 4. The first kappa shape index (κ1) is 20.5. The third kappa shape index (κ3) is 7.25. The highest BCUT2D eigenvalue weighted by Crippen LogP contribution is 2.20. The van der Waals surface area contributed by atoms with Crippen LogP contribution in [0.4, 0.5) is 13.2 Å². The summed E-state index contributed by atoms with van der Waals surface area (Å²) in [7, 11) is 0. The molecule has 0 aromatic carbocycles. The van der Waals surface area contributed by atoms with E-state index in [4.69, 9.17) is 4.42 Å². The van der Waals surface area contributed by atoms with E-state index >= 15 is 0 Å². The van der Waals surface area contributed by atoms with Gasteiger partial charge in [-0.05, 0) is 30.5 Å². The summed E-state index contributed by atoms with van der Waals surface area (Å²) in [6.45, 7) is 1.38. The zero-order valence-electron chi connectivity index (χ0n) is 13.0. The van der Waals surface area contributed by atoms with E-state index in [1.807, 2.05) is 0 Å². The molecule has 0 N–H and O–H groups in total. The van der Waals surface area contributed by atoms with Crippen LogP contribution in [0.15, 0.2) is 40.3 Å². The molecule has 2 aromatic heterocycles.